The highest BCUT2D eigenvalue weighted by atomic mass is 32.1. The maximum absolute atomic E-state index is 15.9. The molecular formula is C30H33FN2O5S. The third-order valence-corrected chi connectivity index (χ3v) is 12.2. The Hall–Kier alpha value is -2.46. The number of hydrogen-bond donors (Lipinski definition) is 2. The van der Waals surface area contributed by atoms with Gasteiger partial charge in [-0.05, 0) is 66.5 Å². The van der Waals surface area contributed by atoms with Gasteiger partial charge in [-0.3, -0.25) is 19.5 Å². The lowest BCUT2D eigenvalue weighted by Crippen LogP contribution is -2.67. The summed E-state index contributed by atoms with van der Waals surface area (Å²) in [5.74, 6) is -1.42. The SMILES string of the molecule is CC12C=CC(=O)C=C1C(F)CC1C2C(O)CC2(C)C1(C)CC1CN(c3ccc4ncsc4c3)OC12C(=O)CO. The molecule has 4 aliphatic carbocycles. The first-order valence-corrected chi connectivity index (χ1v) is 14.6. The number of rotatable bonds is 3. The van der Waals surface area contributed by atoms with Crippen molar-refractivity contribution >= 4 is 38.8 Å². The van der Waals surface area contributed by atoms with Gasteiger partial charge in [0, 0.05) is 22.7 Å². The molecule has 0 amide bonds. The molecule has 1 saturated heterocycles. The highest BCUT2D eigenvalue weighted by Crippen LogP contribution is 2.76. The first kappa shape index (κ1) is 25.5. The Morgan fingerprint density at radius 2 is 2.08 bits per heavy atom. The van der Waals surface area contributed by atoms with Crippen molar-refractivity contribution in [3.05, 3.63) is 47.5 Å². The Labute approximate surface area is 230 Å². The number of thiazole rings is 1. The van der Waals surface area contributed by atoms with Gasteiger partial charge in [0.05, 0.1) is 34.1 Å². The Balaban J connectivity index is 1.32. The van der Waals surface area contributed by atoms with Gasteiger partial charge in [-0.1, -0.05) is 26.8 Å². The van der Waals surface area contributed by atoms with Crippen molar-refractivity contribution in [2.75, 3.05) is 18.2 Å². The largest absolute Gasteiger partial charge is 0.393 e. The number of alkyl halides is 1. The summed E-state index contributed by atoms with van der Waals surface area (Å²) in [5, 5.41) is 23.8. The van der Waals surface area contributed by atoms with E-state index in [1.165, 1.54) is 23.5 Å². The van der Waals surface area contributed by atoms with Gasteiger partial charge in [-0.15, -0.1) is 11.3 Å². The molecular weight excluding hydrogens is 519 g/mol. The molecule has 1 aromatic heterocycles. The number of ketones is 2. The highest BCUT2D eigenvalue weighted by molar-refractivity contribution is 7.16. The van der Waals surface area contributed by atoms with Crippen LogP contribution in [-0.4, -0.2) is 57.8 Å². The van der Waals surface area contributed by atoms with E-state index in [2.05, 4.69) is 11.9 Å². The van der Waals surface area contributed by atoms with Crippen molar-refractivity contribution < 1.29 is 29.0 Å². The molecule has 7 rings (SSSR count). The van der Waals surface area contributed by atoms with E-state index in [0.29, 0.717) is 18.5 Å². The normalized spacial score (nSPS) is 44.6. The van der Waals surface area contributed by atoms with Crippen LogP contribution in [0.15, 0.2) is 47.5 Å². The van der Waals surface area contributed by atoms with Crippen LogP contribution in [0.25, 0.3) is 10.2 Å². The molecule has 7 nitrogen and oxygen atoms in total. The minimum absolute atomic E-state index is 0.179. The Morgan fingerprint density at radius 3 is 2.85 bits per heavy atom. The van der Waals surface area contributed by atoms with Gasteiger partial charge in [-0.25, -0.2) is 9.37 Å². The number of Topliss-reactive ketones (excluding diaryl/α,β-unsaturated/α-hetero) is 1. The molecule has 0 spiro atoms. The number of carbonyl (C=O) groups is 2. The molecule has 0 radical (unpaired) electrons. The second-order valence-corrected chi connectivity index (χ2v) is 13.7. The summed E-state index contributed by atoms with van der Waals surface area (Å²) in [6, 6.07) is 5.85. The van der Waals surface area contributed by atoms with E-state index in [-0.39, 0.29) is 36.4 Å². The van der Waals surface area contributed by atoms with Crippen LogP contribution in [0.3, 0.4) is 0 Å². The molecule has 2 heterocycles. The first-order valence-electron chi connectivity index (χ1n) is 13.7. The van der Waals surface area contributed by atoms with Crippen molar-refractivity contribution in [1.82, 2.24) is 4.98 Å². The fraction of sp³-hybridized carbons (Fsp3) is 0.567. The minimum atomic E-state index is -1.35. The zero-order valence-electron chi connectivity index (χ0n) is 22.3. The van der Waals surface area contributed by atoms with Gasteiger partial charge >= 0.3 is 0 Å². The van der Waals surface area contributed by atoms with E-state index < -0.39 is 46.5 Å². The molecule has 2 N–H and O–H groups in total. The number of carbonyl (C=O) groups excluding carboxylic acids is 2. The van der Waals surface area contributed by atoms with Crippen molar-refractivity contribution in [1.29, 1.82) is 0 Å². The van der Waals surface area contributed by atoms with Crippen molar-refractivity contribution in [3.8, 4) is 0 Å². The summed E-state index contributed by atoms with van der Waals surface area (Å²) in [4.78, 5) is 37.0. The molecule has 5 aliphatic rings. The molecule has 0 bridgehead atoms. The first-order chi connectivity index (χ1) is 18.5. The standard InChI is InChI=1S/C30H33FN2O5S/c1-27-7-6-18(35)9-19(27)21(31)10-20-26(27)23(36)12-29(3)28(20,2)11-16-13-33(38-30(16,29)25(37)14-34)17-4-5-22-24(8-17)39-15-32-22/h4-9,15-16,20-21,23,26,34,36H,10-14H2,1-3H3. The Kier molecular flexibility index (Phi) is 5.27. The molecule has 3 saturated carbocycles. The van der Waals surface area contributed by atoms with Crippen molar-refractivity contribution in [3.63, 3.8) is 0 Å². The molecule has 206 valence electrons. The number of nitrogens with zero attached hydrogens (tertiary/aromatic N) is 2. The van der Waals surface area contributed by atoms with Crippen LogP contribution in [0.1, 0.15) is 40.0 Å². The minimum Gasteiger partial charge on any atom is -0.393 e. The quantitative estimate of drug-likeness (QED) is 0.589. The summed E-state index contributed by atoms with van der Waals surface area (Å²) in [7, 11) is 0. The third kappa shape index (κ3) is 2.99. The van der Waals surface area contributed by atoms with Crippen LogP contribution < -0.4 is 5.06 Å². The summed E-state index contributed by atoms with van der Waals surface area (Å²) in [5.41, 5.74) is 0.388. The zero-order chi connectivity index (χ0) is 27.5. The van der Waals surface area contributed by atoms with Crippen LogP contribution in [0.4, 0.5) is 10.1 Å². The lowest BCUT2D eigenvalue weighted by molar-refractivity contribution is -0.216. The average molecular weight is 553 g/mol. The Bertz CT molecular complexity index is 1470. The molecule has 4 fully saturated rings. The number of aromatic nitrogens is 1. The molecule has 9 atom stereocenters. The van der Waals surface area contributed by atoms with Crippen LogP contribution >= 0.6 is 11.3 Å². The number of anilines is 1. The van der Waals surface area contributed by atoms with E-state index in [9.17, 15) is 19.8 Å². The smallest absolute Gasteiger partial charge is 0.193 e. The molecule has 1 aromatic carbocycles. The molecule has 2 aromatic rings. The zero-order valence-corrected chi connectivity index (χ0v) is 23.1. The van der Waals surface area contributed by atoms with Crippen LogP contribution in [0.2, 0.25) is 0 Å². The van der Waals surface area contributed by atoms with Gasteiger partial charge in [0.15, 0.2) is 17.2 Å². The van der Waals surface area contributed by atoms with Crippen LogP contribution in [0.5, 0.6) is 0 Å². The number of benzene rings is 1. The maximum atomic E-state index is 15.9. The van der Waals surface area contributed by atoms with Gasteiger partial charge < -0.3 is 10.2 Å². The fourth-order valence-electron chi connectivity index (χ4n) is 9.57. The topological polar surface area (TPSA) is 100.0 Å². The number of fused-ring (bicyclic) bond motifs is 8. The second kappa shape index (κ2) is 8.06. The lowest BCUT2D eigenvalue weighted by Gasteiger charge is -2.64. The number of allylic oxidation sites excluding steroid dienone is 4. The maximum Gasteiger partial charge on any atom is 0.193 e. The number of hydroxylamine groups is 1. The fourth-order valence-corrected chi connectivity index (χ4v) is 10.3. The summed E-state index contributed by atoms with van der Waals surface area (Å²) >= 11 is 1.53. The number of hydrogen-bond acceptors (Lipinski definition) is 8. The number of halogens is 1. The summed E-state index contributed by atoms with van der Waals surface area (Å²) in [6.45, 7) is 5.83. The monoisotopic (exact) mass is 552 g/mol. The van der Waals surface area contributed by atoms with E-state index in [0.717, 1.165) is 15.9 Å². The average Bonchev–Trinajstić information content (AvgIpc) is 3.56. The van der Waals surface area contributed by atoms with Crippen LogP contribution in [0, 0.1) is 34.0 Å². The number of aliphatic hydroxyl groups is 2. The molecule has 9 heteroatoms. The Morgan fingerprint density at radius 1 is 1.28 bits per heavy atom. The van der Waals surface area contributed by atoms with Crippen molar-refractivity contribution in [2.45, 2.75) is 57.9 Å². The number of aliphatic hydroxyl groups excluding tert-OH is 2. The van der Waals surface area contributed by atoms with Gasteiger partial charge in [0.2, 0.25) is 0 Å². The predicted octanol–water partition coefficient (Wildman–Crippen LogP) is 4.19. The van der Waals surface area contributed by atoms with Gasteiger partial charge in [0.1, 0.15) is 12.8 Å². The van der Waals surface area contributed by atoms with Crippen LogP contribution in [-0.2, 0) is 14.4 Å². The van der Waals surface area contributed by atoms with E-state index in [1.807, 2.05) is 32.0 Å². The third-order valence-electron chi connectivity index (χ3n) is 11.4. The van der Waals surface area contributed by atoms with Crippen molar-refractivity contribution in [2.24, 2.45) is 34.0 Å². The van der Waals surface area contributed by atoms with Gasteiger partial charge in [-0.2, -0.15) is 0 Å². The van der Waals surface area contributed by atoms with E-state index in [4.69, 9.17) is 4.84 Å². The molecule has 39 heavy (non-hydrogen) atoms. The van der Waals surface area contributed by atoms with E-state index in [1.54, 1.807) is 16.6 Å². The molecule has 1 aliphatic heterocycles. The second-order valence-electron chi connectivity index (χ2n) is 12.8. The molecule has 9 unspecified atom stereocenters. The predicted molar refractivity (Wildman–Crippen MR) is 145 cm³/mol. The highest BCUT2D eigenvalue weighted by Gasteiger charge is 2.79. The summed E-state index contributed by atoms with van der Waals surface area (Å²) in [6.07, 6.45) is 3.57. The van der Waals surface area contributed by atoms with E-state index >= 15 is 4.39 Å². The summed E-state index contributed by atoms with van der Waals surface area (Å²) < 4.78 is 16.9. The lowest BCUT2D eigenvalue weighted by atomic mass is 9.41. The van der Waals surface area contributed by atoms with Gasteiger partial charge in [0.25, 0.3) is 0 Å².